The lowest BCUT2D eigenvalue weighted by Crippen LogP contribution is -2.19. The summed E-state index contributed by atoms with van der Waals surface area (Å²) in [6, 6.07) is 3.89. The lowest BCUT2D eigenvalue weighted by Gasteiger charge is -2.03. The summed E-state index contributed by atoms with van der Waals surface area (Å²) in [7, 11) is 0. The van der Waals surface area contributed by atoms with Gasteiger partial charge in [-0.15, -0.1) is 0 Å². The Balaban J connectivity index is 2.46. The molecule has 0 bridgehead atoms. The van der Waals surface area contributed by atoms with Crippen molar-refractivity contribution in [3.05, 3.63) is 34.9 Å². The van der Waals surface area contributed by atoms with Crippen LogP contribution >= 0.6 is 0 Å². The fourth-order valence-corrected chi connectivity index (χ4v) is 1.59. The second-order valence-corrected chi connectivity index (χ2v) is 3.48. The van der Waals surface area contributed by atoms with Gasteiger partial charge < -0.3 is 9.55 Å². The van der Waals surface area contributed by atoms with Crippen molar-refractivity contribution >= 4 is 10.9 Å². The summed E-state index contributed by atoms with van der Waals surface area (Å²) >= 11 is 0. The van der Waals surface area contributed by atoms with Gasteiger partial charge in [0.05, 0.1) is 0 Å². The van der Waals surface area contributed by atoms with Crippen LogP contribution in [0, 0.1) is 0 Å². The number of aryl methyl sites for hydroxylation is 1. The molecule has 1 N–H and O–H groups in total. The third kappa shape index (κ3) is 1.45. The summed E-state index contributed by atoms with van der Waals surface area (Å²) in [6.07, 6.45) is 5.83. The van der Waals surface area contributed by atoms with E-state index in [1.165, 1.54) is 0 Å². The Bertz CT molecular complexity index is 481. The van der Waals surface area contributed by atoms with Gasteiger partial charge >= 0.3 is 0 Å². The molecule has 0 atom stereocenters. The minimum Gasteiger partial charge on any atom is -0.357 e. The number of pyridine rings is 1. The molecule has 3 heteroatoms. The van der Waals surface area contributed by atoms with E-state index < -0.39 is 0 Å². The minimum absolute atomic E-state index is 0.0842. The highest BCUT2D eigenvalue weighted by Gasteiger charge is 2.01. The van der Waals surface area contributed by atoms with Crippen LogP contribution in [0.2, 0.25) is 0 Å². The average molecular weight is 190 g/mol. The number of aromatic amines is 1. The fraction of sp³-hybridized carbons (Fsp3) is 0.364. The van der Waals surface area contributed by atoms with Gasteiger partial charge in [-0.1, -0.05) is 13.3 Å². The van der Waals surface area contributed by atoms with E-state index in [0.29, 0.717) is 5.52 Å². The first-order chi connectivity index (χ1) is 6.83. The van der Waals surface area contributed by atoms with E-state index in [0.717, 1.165) is 24.8 Å². The zero-order chi connectivity index (χ0) is 9.97. The lowest BCUT2D eigenvalue weighted by molar-refractivity contribution is 0.616. The third-order valence-corrected chi connectivity index (χ3v) is 2.44. The van der Waals surface area contributed by atoms with E-state index in [1.54, 1.807) is 10.8 Å². The highest BCUT2D eigenvalue weighted by molar-refractivity contribution is 5.77. The third-order valence-electron chi connectivity index (χ3n) is 2.44. The van der Waals surface area contributed by atoms with Gasteiger partial charge in [0.25, 0.3) is 5.56 Å². The number of nitrogens with zero attached hydrogens (tertiary/aromatic N) is 1. The molecule has 2 aromatic heterocycles. The van der Waals surface area contributed by atoms with E-state index in [1.807, 2.05) is 18.3 Å². The standard InChI is InChI=1S/C11H14N2O/c1-2-3-7-13-8-5-9-4-6-12-10(9)11(13)14/h4-6,8,12H,2-3,7H2,1H3. The van der Waals surface area contributed by atoms with E-state index in [2.05, 4.69) is 11.9 Å². The summed E-state index contributed by atoms with van der Waals surface area (Å²) in [5.41, 5.74) is 0.796. The molecule has 2 heterocycles. The number of aromatic nitrogens is 2. The molecule has 0 saturated heterocycles. The topological polar surface area (TPSA) is 37.8 Å². The SMILES string of the molecule is CCCCn1ccc2cc[nH]c2c1=O. The summed E-state index contributed by atoms with van der Waals surface area (Å²) < 4.78 is 1.77. The molecule has 0 radical (unpaired) electrons. The van der Waals surface area contributed by atoms with Gasteiger partial charge in [0.1, 0.15) is 5.52 Å². The van der Waals surface area contributed by atoms with Crippen molar-refractivity contribution in [1.82, 2.24) is 9.55 Å². The van der Waals surface area contributed by atoms with Gasteiger partial charge in [0.2, 0.25) is 0 Å². The maximum Gasteiger partial charge on any atom is 0.274 e. The van der Waals surface area contributed by atoms with Gasteiger partial charge in [-0.3, -0.25) is 4.79 Å². The Labute approximate surface area is 82.4 Å². The largest absolute Gasteiger partial charge is 0.357 e. The quantitative estimate of drug-likeness (QED) is 0.791. The van der Waals surface area contributed by atoms with Crippen molar-refractivity contribution in [2.75, 3.05) is 0 Å². The summed E-state index contributed by atoms with van der Waals surface area (Å²) in [4.78, 5) is 14.8. The van der Waals surface area contributed by atoms with Gasteiger partial charge in [-0.2, -0.15) is 0 Å². The second kappa shape index (κ2) is 3.70. The number of fused-ring (bicyclic) bond motifs is 1. The average Bonchev–Trinajstić information content (AvgIpc) is 2.66. The van der Waals surface area contributed by atoms with Crippen molar-refractivity contribution in [3.63, 3.8) is 0 Å². The number of hydrogen-bond donors (Lipinski definition) is 1. The maximum absolute atomic E-state index is 11.8. The van der Waals surface area contributed by atoms with Crippen LogP contribution in [-0.4, -0.2) is 9.55 Å². The molecule has 74 valence electrons. The Kier molecular flexibility index (Phi) is 2.39. The van der Waals surface area contributed by atoms with Crippen molar-refractivity contribution in [1.29, 1.82) is 0 Å². The van der Waals surface area contributed by atoms with Crippen LogP contribution in [0.5, 0.6) is 0 Å². The molecule has 14 heavy (non-hydrogen) atoms. The van der Waals surface area contributed by atoms with Crippen LogP contribution in [0.15, 0.2) is 29.3 Å². The molecule has 0 amide bonds. The van der Waals surface area contributed by atoms with E-state index in [9.17, 15) is 4.79 Å². The summed E-state index contributed by atoms with van der Waals surface area (Å²) in [6.45, 7) is 2.93. The Morgan fingerprint density at radius 2 is 2.29 bits per heavy atom. The molecule has 0 unspecified atom stereocenters. The van der Waals surface area contributed by atoms with Gasteiger partial charge in [-0.25, -0.2) is 0 Å². The molecule has 3 nitrogen and oxygen atoms in total. The monoisotopic (exact) mass is 190 g/mol. The molecule has 0 saturated carbocycles. The van der Waals surface area contributed by atoms with Crippen LogP contribution < -0.4 is 5.56 Å². The fourth-order valence-electron chi connectivity index (χ4n) is 1.59. The second-order valence-electron chi connectivity index (χ2n) is 3.48. The molecule has 0 aromatic carbocycles. The highest BCUT2D eigenvalue weighted by atomic mass is 16.1. The smallest absolute Gasteiger partial charge is 0.274 e. The van der Waals surface area contributed by atoms with Gasteiger partial charge in [0.15, 0.2) is 0 Å². The van der Waals surface area contributed by atoms with E-state index >= 15 is 0 Å². The molecule has 0 fully saturated rings. The van der Waals surface area contributed by atoms with Crippen LogP contribution in [0.1, 0.15) is 19.8 Å². The molecule has 0 aliphatic rings. The van der Waals surface area contributed by atoms with Crippen molar-refractivity contribution in [2.24, 2.45) is 0 Å². The maximum atomic E-state index is 11.8. The van der Waals surface area contributed by atoms with Crippen LogP contribution in [-0.2, 0) is 6.54 Å². The first-order valence-electron chi connectivity index (χ1n) is 4.99. The first kappa shape index (κ1) is 9.06. The van der Waals surface area contributed by atoms with Gasteiger partial charge in [0, 0.05) is 24.3 Å². The number of rotatable bonds is 3. The number of unbranched alkanes of at least 4 members (excludes halogenated alkanes) is 1. The number of nitrogens with one attached hydrogen (secondary N) is 1. The lowest BCUT2D eigenvalue weighted by atomic mass is 10.3. The Morgan fingerprint density at radius 1 is 1.43 bits per heavy atom. The molecular weight excluding hydrogens is 176 g/mol. The molecule has 2 aromatic rings. The summed E-state index contributed by atoms with van der Waals surface area (Å²) in [5.74, 6) is 0. The van der Waals surface area contributed by atoms with Gasteiger partial charge in [-0.05, 0) is 18.6 Å². The number of H-pyrrole nitrogens is 1. The Morgan fingerprint density at radius 3 is 3.07 bits per heavy atom. The van der Waals surface area contributed by atoms with Crippen molar-refractivity contribution in [2.45, 2.75) is 26.3 Å². The first-order valence-corrected chi connectivity index (χ1v) is 4.99. The van der Waals surface area contributed by atoms with Crippen LogP contribution in [0.25, 0.3) is 10.9 Å². The highest BCUT2D eigenvalue weighted by Crippen LogP contribution is 2.06. The zero-order valence-corrected chi connectivity index (χ0v) is 8.29. The van der Waals surface area contributed by atoms with E-state index in [4.69, 9.17) is 0 Å². The molecule has 0 aliphatic heterocycles. The predicted octanol–water partition coefficient (Wildman–Crippen LogP) is 2.13. The summed E-state index contributed by atoms with van der Waals surface area (Å²) in [5, 5.41) is 0.989. The number of hydrogen-bond acceptors (Lipinski definition) is 1. The molecular formula is C11H14N2O. The molecule has 0 spiro atoms. The normalized spacial score (nSPS) is 10.9. The minimum atomic E-state index is 0.0842. The molecule has 0 aliphatic carbocycles. The Hall–Kier alpha value is -1.51. The van der Waals surface area contributed by atoms with Crippen molar-refractivity contribution in [3.8, 4) is 0 Å². The molecule has 2 rings (SSSR count). The van der Waals surface area contributed by atoms with E-state index in [-0.39, 0.29) is 5.56 Å². The zero-order valence-electron chi connectivity index (χ0n) is 8.29. The van der Waals surface area contributed by atoms with Crippen LogP contribution in [0.4, 0.5) is 0 Å². The predicted molar refractivity (Wildman–Crippen MR) is 57.5 cm³/mol. The van der Waals surface area contributed by atoms with Crippen molar-refractivity contribution < 1.29 is 0 Å². The van der Waals surface area contributed by atoms with Crippen LogP contribution in [0.3, 0.4) is 0 Å².